The van der Waals surface area contributed by atoms with Crippen molar-refractivity contribution in [3.63, 3.8) is 0 Å². The van der Waals surface area contributed by atoms with Crippen LogP contribution in [0.2, 0.25) is 0 Å². The van der Waals surface area contributed by atoms with Crippen LogP contribution < -0.4 is 24.4 Å². The predicted octanol–water partition coefficient (Wildman–Crippen LogP) is 8.48. The molecule has 0 unspecified atom stereocenters. The molecule has 3 atom stereocenters. The normalized spacial score (nSPS) is 22.3. The lowest BCUT2D eigenvalue weighted by atomic mass is 9.70. The van der Waals surface area contributed by atoms with E-state index in [-0.39, 0.29) is 52.5 Å². The number of carbonyl (C=O) groups is 1. The first kappa shape index (κ1) is 43.1. The number of nitrogens with zero attached hydrogens (tertiary/aromatic N) is 4. The molecule has 3 N–H and O–H groups in total. The molecule has 17 heteroatoms. The van der Waals surface area contributed by atoms with Gasteiger partial charge in [-0.1, -0.05) is 44.5 Å². The summed E-state index contributed by atoms with van der Waals surface area (Å²) in [6, 6.07) is 19.3. The number of hydrogen-bond acceptors (Lipinski definition) is 12. The first-order valence-corrected chi connectivity index (χ1v) is 24.2. The summed E-state index contributed by atoms with van der Waals surface area (Å²) in [5, 5.41) is 16.1. The second-order valence-electron chi connectivity index (χ2n) is 18.8. The number of carbonyl (C=O) groups excluding carboxylic acids is 1. The lowest BCUT2D eigenvalue weighted by molar-refractivity contribution is -0.384. The minimum atomic E-state index is -4.72. The van der Waals surface area contributed by atoms with E-state index in [1.165, 1.54) is 48.6 Å². The molecule has 4 aliphatic heterocycles. The fourth-order valence-corrected chi connectivity index (χ4v) is 12.0. The number of amides is 1. The SMILES string of the molecule is CC(C)c1ccccc1[C@@H]1CCC[C@@H]1N1CC2(CCN(c3ccc(C(=O)NS(=O)(=O)c4cc5c(c([N+](=O)[O-])c4)N[C@@H](C4CCOCC4)CO5)c(Oc4cc5cc[nH]c5nc4F)c3)CC2)C1. The van der Waals surface area contributed by atoms with Crippen LogP contribution in [-0.2, 0) is 14.8 Å². The highest BCUT2D eigenvalue weighted by atomic mass is 32.2. The summed E-state index contributed by atoms with van der Waals surface area (Å²) in [7, 11) is -4.72. The zero-order chi connectivity index (χ0) is 45.0. The number of anilines is 2. The highest BCUT2D eigenvalue weighted by Gasteiger charge is 2.49. The van der Waals surface area contributed by atoms with Gasteiger partial charge in [0.1, 0.15) is 18.0 Å². The zero-order valence-electron chi connectivity index (χ0n) is 36.6. The third-order valence-corrected chi connectivity index (χ3v) is 15.8. The number of nitro benzene ring substituents is 1. The Bertz CT molecular complexity index is 2740. The summed E-state index contributed by atoms with van der Waals surface area (Å²) in [5.74, 6) is -1.17. The number of piperidine rings is 1. The summed E-state index contributed by atoms with van der Waals surface area (Å²) in [6.45, 7) is 9.52. The van der Waals surface area contributed by atoms with Gasteiger partial charge in [-0.05, 0) is 97.1 Å². The number of nitrogens with one attached hydrogen (secondary N) is 3. The van der Waals surface area contributed by atoms with Crippen LogP contribution in [0.15, 0.2) is 77.8 Å². The Kier molecular flexibility index (Phi) is 11.4. The van der Waals surface area contributed by atoms with Crippen LogP contribution in [0.4, 0.5) is 21.5 Å². The number of ether oxygens (including phenoxy) is 3. The molecule has 10 rings (SSSR count). The lowest BCUT2D eigenvalue weighted by Gasteiger charge is -2.57. The van der Waals surface area contributed by atoms with Gasteiger partial charge in [-0.25, -0.2) is 13.1 Å². The molecule has 1 amide bonds. The third-order valence-electron chi connectivity index (χ3n) is 14.5. The summed E-state index contributed by atoms with van der Waals surface area (Å²) in [5.41, 5.74) is 3.61. The van der Waals surface area contributed by atoms with Gasteiger partial charge in [0.15, 0.2) is 17.2 Å². The highest BCUT2D eigenvalue weighted by Crippen LogP contribution is 2.49. The van der Waals surface area contributed by atoms with Gasteiger partial charge < -0.3 is 29.4 Å². The molecule has 1 spiro atoms. The number of rotatable bonds is 11. The molecule has 15 nitrogen and oxygen atoms in total. The summed E-state index contributed by atoms with van der Waals surface area (Å²) < 4.78 is 62.8. The van der Waals surface area contributed by atoms with Crippen LogP contribution in [0.3, 0.4) is 0 Å². The Hall–Kier alpha value is -5.78. The first-order chi connectivity index (χ1) is 31.3. The zero-order valence-corrected chi connectivity index (χ0v) is 37.4. The monoisotopic (exact) mass is 907 g/mol. The van der Waals surface area contributed by atoms with Crippen molar-refractivity contribution < 1.29 is 36.7 Å². The molecule has 5 aliphatic rings. The fourth-order valence-electron chi connectivity index (χ4n) is 11.0. The molecule has 1 saturated carbocycles. The fraction of sp³-hybridized carbons (Fsp3) is 0.458. The number of hydrogen-bond donors (Lipinski definition) is 3. The van der Waals surface area contributed by atoms with E-state index in [0.29, 0.717) is 42.1 Å². The average molecular weight is 908 g/mol. The van der Waals surface area contributed by atoms with Crippen molar-refractivity contribution in [1.82, 2.24) is 19.6 Å². The van der Waals surface area contributed by atoms with Gasteiger partial charge in [-0.3, -0.25) is 19.8 Å². The maximum Gasteiger partial charge on any atom is 0.297 e. The van der Waals surface area contributed by atoms with E-state index in [0.717, 1.165) is 63.6 Å². The van der Waals surface area contributed by atoms with Crippen LogP contribution in [0, 0.1) is 27.4 Å². The third kappa shape index (κ3) is 8.38. The molecule has 65 heavy (non-hydrogen) atoms. The first-order valence-electron chi connectivity index (χ1n) is 22.7. The molecule has 342 valence electrons. The molecule has 0 radical (unpaired) electrons. The molecule has 4 fully saturated rings. The molecular formula is C48H54FN7O8S. The molecule has 2 aromatic heterocycles. The van der Waals surface area contributed by atoms with Crippen LogP contribution >= 0.6 is 0 Å². The van der Waals surface area contributed by atoms with E-state index in [9.17, 15) is 23.3 Å². The topological polar surface area (TPSA) is 181 Å². The standard InChI is InChI=1S/C48H54FN7O8S/c1-29(2)34-6-3-4-7-35(34)36-8-5-9-39(36)55-27-48(28-55)15-18-54(19-16-48)32-10-11-37(41(23-32)64-43-22-31-12-17-50-46(31)52-45(43)49)47(57)53-65(60,61)33-24-40(56(58)59)44-42(25-33)63-26-38(51-44)30-13-20-62-21-14-30/h3-4,6-7,10-12,17,22-25,29-30,36,38-39,51H,5,8-9,13-16,18-21,26-28H2,1-2H3,(H,50,52)(H,53,57)/t36-,38+,39-/m0/s1. The van der Waals surface area contributed by atoms with Gasteiger partial charge in [-0.15, -0.1) is 0 Å². The van der Waals surface area contributed by atoms with E-state index in [2.05, 4.69) is 67.9 Å². The number of pyridine rings is 1. The predicted molar refractivity (Wildman–Crippen MR) is 243 cm³/mol. The number of halogens is 1. The Morgan fingerprint density at radius 3 is 2.57 bits per heavy atom. The lowest BCUT2D eigenvalue weighted by Crippen LogP contribution is -2.63. The van der Waals surface area contributed by atoms with Crippen molar-refractivity contribution >= 4 is 44.0 Å². The average Bonchev–Trinajstić information content (AvgIpc) is 3.97. The van der Waals surface area contributed by atoms with Gasteiger partial charge in [0.05, 0.1) is 21.4 Å². The molecule has 3 saturated heterocycles. The number of fused-ring (bicyclic) bond motifs is 2. The Morgan fingerprint density at radius 1 is 1.02 bits per heavy atom. The Labute approximate surface area is 377 Å². The van der Waals surface area contributed by atoms with Gasteiger partial charge in [0, 0.05) is 80.9 Å². The molecule has 5 aromatic rings. The number of aromatic nitrogens is 2. The quantitative estimate of drug-likeness (QED) is 0.0655. The second-order valence-corrected chi connectivity index (χ2v) is 20.5. The number of nitro groups is 1. The molecular weight excluding hydrogens is 854 g/mol. The van der Waals surface area contributed by atoms with Gasteiger partial charge in [0.2, 0.25) is 0 Å². The number of benzene rings is 3. The highest BCUT2D eigenvalue weighted by molar-refractivity contribution is 7.90. The number of sulfonamides is 1. The van der Waals surface area contributed by atoms with Crippen molar-refractivity contribution in [2.75, 3.05) is 56.2 Å². The van der Waals surface area contributed by atoms with Crippen LogP contribution in [0.25, 0.3) is 11.0 Å². The van der Waals surface area contributed by atoms with E-state index < -0.39 is 37.4 Å². The number of H-pyrrole nitrogens is 1. The second kappa shape index (κ2) is 17.2. The molecule has 3 aromatic carbocycles. The molecule has 0 bridgehead atoms. The minimum Gasteiger partial charge on any atom is -0.489 e. The van der Waals surface area contributed by atoms with E-state index in [4.69, 9.17) is 14.2 Å². The van der Waals surface area contributed by atoms with E-state index in [1.807, 2.05) is 0 Å². The maximum atomic E-state index is 15.4. The van der Waals surface area contributed by atoms with Crippen LogP contribution in [0.5, 0.6) is 17.2 Å². The molecule has 6 heterocycles. The van der Waals surface area contributed by atoms with Crippen molar-refractivity contribution in [1.29, 1.82) is 0 Å². The van der Waals surface area contributed by atoms with Crippen LogP contribution in [-0.4, -0.2) is 92.2 Å². The van der Waals surface area contributed by atoms with E-state index in [1.54, 1.807) is 24.4 Å². The summed E-state index contributed by atoms with van der Waals surface area (Å²) in [6.07, 6.45) is 8.76. The van der Waals surface area contributed by atoms with E-state index >= 15 is 4.39 Å². The van der Waals surface area contributed by atoms with Crippen molar-refractivity contribution in [2.24, 2.45) is 11.3 Å². The van der Waals surface area contributed by atoms with Crippen molar-refractivity contribution in [2.45, 2.75) is 87.6 Å². The van der Waals surface area contributed by atoms with Crippen molar-refractivity contribution in [3.8, 4) is 17.2 Å². The van der Waals surface area contributed by atoms with Crippen LogP contribution in [0.1, 0.15) is 92.1 Å². The number of aromatic amines is 1. The smallest absolute Gasteiger partial charge is 0.297 e. The Morgan fingerprint density at radius 2 is 1.80 bits per heavy atom. The van der Waals surface area contributed by atoms with Gasteiger partial charge in [-0.2, -0.15) is 9.37 Å². The van der Waals surface area contributed by atoms with Gasteiger partial charge in [0.25, 0.3) is 27.6 Å². The number of likely N-dealkylation sites (tertiary alicyclic amines) is 1. The maximum absolute atomic E-state index is 15.4. The minimum absolute atomic E-state index is 0.0140. The van der Waals surface area contributed by atoms with Crippen molar-refractivity contribution in [3.05, 3.63) is 106 Å². The summed E-state index contributed by atoms with van der Waals surface area (Å²) >= 11 is 0. The summed E-state index contributed by atoms with van der Waals surface area (Å²) in [4.78, 5) is 36.9. The van der Waals surface area contributed by atoms with Gasteiger partial charge >= 0.3 is 0 Å². The molecule has 1 aliphatic carbocycles. The Balaban J connectivity index is 0.872. The largest absolute Gasteiger partial charge is 0.489 e.